The van der Waals surface area contributed by atoms with Gasteiger partial charge in [0.2, 0.25) is 0 Å². The van der Waals surface area contributed by atoms with Gasteiger partial charge < -0.3 is 19.3 Å². The smallest absolute Gasteiger partial charge is 0.320 e. The number of nitrogens with zero attached hydrogens (tertiary/aromatic N) is 1. The van der Waals surface area contributed by atoms with Crippen LogP contribution in [0.5, 0.6) is 17.2 Å². The van der Waals surface area contributed by atoms with Gasteiger partial charge in [-0.2, -0.15) is 0 Å². The number of carboxylic acids is 1. The van der Waals surface area contributed by atoms with Crippen molar-refractivity contribution in [3.63, 3.8) is 0 Å². The first-order valence-electron chi connectivity index (χ1n) is 9.54. The molecule has 1 N–H and O–H groups in total. The van der Waals surface area contributed by atoms with Crippen LogP contribution in [-0.4, -0.2) is 49.9 Å². The van der Waals surface area contributed by atoms with Crippen LogP contribution in [0.25, 0.3) is 0 Å². The Hall–Kier alpha value is -2.80. The van der Waals surface area contributed by atoms with Crippen molar-refractivity contribution < 1.29 is 28.5 Å². The molecule has 156 valence electrons. The van der Waals surface area contributed by atoms with Crippen molar-refractivity contribution in [1.29, 1.82) is 0 Å². The highest BCUT2D eigenvalue weighted by molar-refractivity contribution is 5.74. The van der Waals surface area contributed by atoms with E-state index in [1.807, 2.05) is 11.0 Å². The minimum Gasteiger partial charge on any atom is -0.497 e. The molecule has 2 aromatic carbocycles. The fourth-order valence-corrected chi connectivity index (χ4v) is 3.97. The quantitative estimate of drug-likeness (QED) is 0.757. The third-order valence-corrected chi connectivity index (χ3v) is 5.39. The molecule has 2 aromatic rings. The van der Waals surface area contributed by atoms with Gasteiger partial charge in [-0.1, -0.05) is 12.5 Å². The monoisotopic (exact) mass is 403 g/mol. The van der Waals surface area contributed by atoms with E-state index >= 15 is 0 Å². The average Bonchev–Trinajstić information content (AvgIpc) is 2.74. The molecule has 29 heavy (non-hydrogen) atoms. The van der Waals surface area contributed by atoms with Crippen molar-refractivity contribution in [3.05, 3.63) is 53.3 Å². The summed E-state index contributed by atoms with van der Waals surface area (Å²) >= 11 is 0. The number of likely N-dealkylation sites (tertiary alicyclic amines) is 1. The van der Waals surface area contributed by atoms with Gasteiger partial charge >= 0.3 is 5.97 Å². The number of carbonyl (C=O) groups is 1. The predicted molar refractivity (Wildman–Crippen MR) is 106 cm³/mol. The minimum absolute atomic E-state index is 0.141. The van der Waals surface area contributed by atoms with Crippen molar-refractivity contribution in [2.75, 3.05) is 27.9 Å². The Morgan fingerprint density at radius 3 is 2.45 bits per heavy atom. The van der Waals surface area contributed by atoms with E-state index in [0.717, 1.165) is 18.4 Å². The summed E-state index contributed by atoms with van der Waals surface area (Å²) in [5.74, 6) is -0.0517. The number of ether oxygens (including phenoxy) is 3. The first-order valence-corrected chi connectivity index (χ1v) is 9.54. The van der Waals surface area contributed by atoms with Gasteiger partial charge in [0.25, 0.3) is 0 Å². The molecule has 6 nitrogen and oxygen atoms in total. The van der Waals surface area contributed by atoms with Gasteiger partial charge in [0, 0.05) is 11.6 Å². The third-order valence-electron chi connectivity index (χ3n) is 5.39. The van der Waals surface area contributed by atoms with E-state index in [1.165, 1.54) is 13.2 Å². The van der Waals surface area contributed by atoms with Gasteiger partial charge in [0.15, 0.2) is 11.6 Å². The second kappa shape index (κ2) is 9.13. The Labute approximate surface area is 169 Å². The maximum atomic E-state index is 14.5. The number of hydrogen-bond acceptors (Lipinski definition) is 5. The van der Waals surface area contributed by atoms with E-state index in [2.05, 4.69) is 0 Å². The highest BCUT2D eigenvalue weighted by Crippen LogP contribution is 2.40. The first kappa shape index (κ1) is 20.9. The average molecular weight is 403 g/mol. The molecule has 0 amide bonds. The van der Waals surface area contributed by atoms with Gasteiger partial charge in [-0.3, -0.25) is 9.69 Å². The summed E-state index contributed by atoms with van der Waals surface area (Å²) in [6.45, 7) is 0.588. The molecule has 0 spiro atoms. The van der Waals surface area contributed by atoms with Gasteiger partial charge in [0.05, 0.1) is 27.4 Å². The molecule has 0 bridgehead atoms. The van der Waals surface area contributed by atoms with Crippen LogP contribution < -0.4 is 14.2 Å². The predicted octanol–water partition coefficient (Wildman–Crippen LogP) is 3.88. The van der Waals surface area contributed by atoms with Crippen LogP contribution in [0, 0.1) is 5.82 Å². The van der Waals surface area contributed by atoms with Gasteiger partial charge in [0.1, 0.15) is 17.5 Å². The Balaban J connectivity index is 2.16. The topological polar surface area (TPSA) is 68.2 Å². The minimum atomic E-state index is -0.879. The Bertz CT molecular complexity index is 872. The van der Waals surface area contributed by atoms with Crippen molar-refractivity contribution >= 4 is 5.97 Å². The molecule has 1 heterocycles. The molecular formula is C22H26FNO5. The van der Waals surface area contributed by atoms with Crippen LogP contribution in [0.2, 0.25) is 0 Å². The maximum absolute atomic E-state index is 14.5. The highest BCUT2D eigenvalue weighted by atomic mass is 19.1. The van der Waals surface area contributed by atoms with Gasteiger partial charge in [-0.05, 0) is 49.2 Å². The zero-order chi connectivity index (χ0) is 21.0. The number of aliphatic carboxylic acids is 1. The summed E-state index contributed by atoms with van der Waals surface area (Å²) in [5, 5.41) is 9.81. The molecule has 2 unspecified atom stereocenters. The molecular weight excluding hydrogens is 377 g/mol. The third kappa shape index (κ3) is 4.29. The number of methoxy groups -OCH3 is 3. The van der Waals surface area contributed by atoms with Crippen molar-refractivity contribution in [2.24, 2.45) is 0 Å². The lowest BCUT2D eigenvalue weighted by Crippen LogP contribution is -2.47. The molecule has 0 radical (unpaired) electrons. The van der Waals surface area contributed by atoms with E-state index in [-0.39, 0.29) is 5.75 Å². The fourth-order valence-electron chi connectivity index (χ4n) is 3.97. The highest BCUT2D eigenvalue weighted by Gasteiger charge is 2.36. The van der Waals surface area contributed by atoms with Crippen LogP contribution in [0.1, 0.15) is 36.4 Å². The lowest BCUT2D eigenvalue weighted by molar-refractivity contribution is -0.145. The largest absolute Gasteiger partial charge is 0.497 e. The summed E-state index contributed by atoms with van der Waals surface area (Å²) in [4.78, 5) is 13.9. The van der Waals surface area contributed by atoms with Crippen LogP contribution in [0.4, 0.5) is 4.39 Å². The lowest BCUT2D eigenvalue weighted by Gasteiger charge is -2.40. The van der Waals surface area contributed by atoms with E-state index in [9.17, 15) is 14.3 Å². The molecule has 1 aliphatic heterocycles. The Morgan fingerprint density at radius 1 is 1.07 bits per heavy atom. The van der Waals surface area contributed by atoms with Crippen molar-refractivity contribution in [1.82, 2.24) is 4.90 Å². The second-order valence-corrected chi connectivity index (χ2v) is 6.99. The van der Waals surface area contributed by atoms with Crippen LogP contribution in [0.15, 0.2) is 36.4 Å². The van der Waals surface area contributed by atoms with E-state index in [1.54, 1.807) is 38.5 Å². The lowest BCUT2D eigenvalue weighted by atomic mass is 9.91. The van der Waals surface area contributed by atoms with E-state index < -0.39 is 23.9 Å². The molecule has 0 aliphatic carbocycles. The molecule has 0 saturated carbocycles. The van der Waals surface area contributed by atoms with Crippen molar-refractivity contribution in [2.45, 2.75) is 31.3 Å². The summed E-state index contributed by atoms with van der Waals surface area (Å²) in [6.07, 6.45) is 2.26. The zero-order valence-corrected chi connectivity index (χ0v) is 16.9. The zero-order valence-electron chi connectivity index (χ0n) is 16.9. The molecule has 2 atom stereocenters. The molecule has 3 rings (SSSR count). The second-order valence-electron chi connectivity index (χ2n) is 6.99. The summed E-state index contributed by atoms with van der Waals surface area (Å²) < 4.78 is 30.4. The first-order chi connectivity index (χ1) is 14.0. The Kier molecular flexibility index (Phi) is 6.59. The van der Waals surface area contributed by atoms with Crippen molar-refractivity contribution in [3.8, 4) is 17.2 Å². The fraction of sp³-hybridized carbons (Fsp3) is 0.409. The van der Waals surface area contributed by atoms with Crippen LogP contribution in [-0.2, 0) is 4.79 Å². The van der Waals surface area contributed by atoms with E-state index in [4.69, 9.17) is 14.2 Å². The standard InChI is InChI=1S/C22H26FNO5/c1-27-15-8-9-16(20(13-15)29-3)21(14-7-10-19(28-2)17(23)12-14)24-11-5-4-6-18(24)22(25)26/h7-10,12-13,18,21H,4-6,11H2,1-3H3,(H,25,26). The van der Waals surface area contributed by atoms with Gasteiger partial charge in [-0.15, -0.1) is 0 Å². The maximum Gasteiger partial charge on any atom is 0.320 e. The molecule has 1 fully saturated rings. The Morgan fingerprint density at radius 2 is 1.83 bits per heavy atom. The normalized spacial score (nSPS) is 18.1. The molecule has 0 aromatic heterocycles. The SMILES string of the molecule is COc1ccc(C(c2ccc(OC)c(F)c2)N2CCCCC2C(=O)O)c(OC)c1. The number of benzene rings is 2. The van der Waals surface area contributed by atoms with Crippen LogP contribution in [0.3, 0.4) is 0 Å². The van der Waals surface area contributed by atoms with Gasteiger partial charge in [-0.25, -0.2) is 4.39 Å². The van der Waals surface area contributed by atoms with E-state index in [0.29, 0.717) is 30.0 Å². The number of halogens is 1. The summed E-state index contributed by atoms with van der Waals surface area (Å²) in [6, 6.07) is 8.98. The van der Waals surface area contributed by atoms with Crippen LogP contribution >= 0.6 is 0 Å². The number of hydrogen-bond donors (Lipinski definition) is 1. The molecule has 1 aliphatic rings. The summed E-state index contributed by atoms with van der Waals surface area (Å²) in [7, 11) is 4.53. The molecule has 7 heteroatoms. The summed E-state index contributed by atoms with van der Waals surface area (Å²) in [5.41, 5.74) is 1.39. The molecule has 1 saturated heterocycles. The number of carboxylic acid groups (broad SMARTS) is 1. The number of rotatable bonds is 7. The number of piperidine rings is 1.